The lowest BCUT2D eigenvalue weighted by atomic mass is 10.3. The van der Waals surface area contributed by atoms with Gasteiger partial charge >= 0.3 is 0 Å². The second-order valence-electron chi connectivity index (χ2n) is 4.76. The average Bonchev–Trinajstić information content (AvgIpc) is 3.02. The molecule has 1 aromatic heterocycles. The van der Waals surface area contributed by atoms with E-state index in [2.05, 4.69) is 10.4 Å². The third-order valence-corrected chi connectivity index (χ3v) is 3.26. The van der Waals surface area contributed by atoms with Crippen molar-refractivity contribution in [3.63, 3.8) is 0 Å². The Morgan fingerprint density at radius 1 is 1.13 bits per heavy atom. The van der Waals surface area contributed by atoms with Gasteiger partial charge in [0.15, 0.2) is 11.4 Å². The molecule has 0 bridgehead atoms. The molecule has 1 N–H and O–H groups in total. The van der Waals surface area contributed by atoms with E-state index in [1.165, 1.54) is 23.9 Å². The molecule has 0 aliphatic heterocycles. The van der Waals surface area contributed by atoms with Gasteiger partial charge in [-0.1, -0.05) is 30.3 Å². The molecule has 23 heavy (non-hydrogen) atoms. The topological polar surface area (TPSA) is 56.2 Å². The van der Waals surface area contributed by atoms with Gasteiger partial charge in [-0.05, 0) is 24.3 Å². The maximum atomic E-state index is 13.6. The summed E-state index contributed by atoms with van der Waals surface area (Å²) >= 11 is 0. The van der Waals surface area contributed by atoms with Gasteiger partial charge in [0.2, 0.25) is 0 Å². The van der Waals surface area contributed by atoms with Crippen molar-refractivity contribution in [3.05, 3.63) is 72.3 Å². The van der Waals surface area contributed by atoms with E-state index in [9.17, 15) is 9.18 Å². The first-order valence-corrected chi connectivity index (χ1v) is 6.94. The number of anilines is 1. The Hall–Kier alpha value is -3.15. The van der Waals surface area contributed by atoms with Gasteiger partial charge in [0.25, 0.3) is 5.91 Å². The van der Waals surface area contributed by atoms with E-state index in [1.807, 2.05) is 30.3 Å². The minimum absolute atomic E-state index is 0.0830. The Morgan fingerprint density at radius 3 is 2.52 bits per heavy atom. The number of nitrogens with zero attached hydrogens (tertiary/aromatic N) is 2. The zero-order chi connectivity index (χ0) is 16.2. The number of hydrogen-bond acceptors (Lipinski definition) is 3. The summed E-state index contributed by atoms with van der Waals surface area (Å²) in [5.41, 5.74) is 0.962. The van der Waals surface area contributed by atoms with Gasteiger partial charge in [0.1, 0.15) is 5.82 Å². The second kappa shape index (κ2) is 6.31. The van der Waals surface area contributed by atoms with Crippen LogP contribution in [-0.4, -0.2) is 22.8 Å². The Morgan fingerprint density at radius 2 is 1.83 bits per heavy atom. The van der Waals surface area contributed by atoms with Crippen LogP contribution >= 0.6 is 0 Å². The third kappa shape index (κ3) is 3.06. The lowest BCUT2D eigenvalue weighted by molar-refractivity contribution is 0.101. The molecule has 116 valence electrons. The number of carbonyl (C=O) groups is 1. The van der Waals surface area contributed by atoms with E-state index >= 15 is 0 Å². The van der Waals surface area contributed by atoms with Crippen LogP contribution < -0.4 is 10.1 Å². The number of amides is 1. The highest BCUT2D eigenvalue weighted by Crippen LogP contribution is 2.21. The first-order chi connectivity index (χ1) is 11.2. The number of nitrogens with one attached hydrogen (secondary N) is 1. The largest absolute Gasteiger partial charge is 0.493 e. The van der Waals surface area contributed by atoms with Crippen LogP contribution in [0.15, 0.2) is 60.8 Å². The molecular formula is C17H14FN3O2. The maximum absolute atomic E-state index is 13.6. The number of ether oxygens (including phenoxy) is 1. The molecule has 0 radical (unpaired) electrons. The first kappa shape index (κ1) is 14.8. The van der Waals surface area contributed by atoms with Gasteiger partial charge in [-0.25, -0.2) is 9.07 Å². The average molecular weight is 311 g/mol. The van der Waals surface area contributed by atoms with E-state index in [-0.39, 0.29) is 11.4 Å². The van der Waals surface area contributed by atoms with E-state index in [0.29, 0.717) is 5.75 Å². The molecule has 5 nitrogen and oxygen atoms in total. The van der Waals surface area contributed by atoms with Gasteiger partial charge in [-0.15, -0.1) is 0 Å². The fraction of sp³-hybridized carbons (Fsp3) is 0.0588. The van der Waals surface area contributed by atoms with Gasteiger partial charge in [0, 0.05) is 0 Å². The van der Waals surface area contributed by atoms with Crippen LogP contribution in [0.5, 0.6) is 5.75 Å². The molecule has 3 aromatic rings. The highest BCUT2D eigenvalue weighted by atomic mass is 19.1. The van der Waals surface area contributed by atoms with Crippen molar-refractivity contribution < 1.29 is 13.9 Å². The van der Waals surface area contributed by atoms with Crippen molar-refractivity contribution in [1.29, 1.82) is 0 Å². The van der Waals surface area contributed by atoms with E-state index in [4.69, 9.17) is 4.74 Å². The van der Waals surface area contributed by atoms with Crippen molar-refractivity contribution in [2.45, 2.75) is 0 Å². The van der Waals surface area contributed by atoms with Crippen molar-refractivity contribution in [3.8, 4) is 11.4 Å². The molecule has 0 unspecified atom stereocenters. The van der Waals surface area contributed by atoms with E-state index in [1.54, 1.807) is 18.3 Å². The van der Waals surface area contributed by atoms with Crippen molar-refractivity contribution in [2.75, 3.05) is 12.4 Å². The Labute approximate surface area is 132 Å². The van der Waals surface area contributed by atoms with E-state index < -0.39 is 11.7 Å². The summed E-state index contributed by atoms with van der Waals surface area (Å²) < 4.78 is 20.4. The van der Waals surface area contributed by atoms with Crippen molar-refractivity contribution in [1.82, 2.24) is 9.78 Å². The molecule has 1 amide bonds. The summed E-state index contributed by atoms with van der Waals surface area (Å²) in [7, 11) is 1.45. The Balaban J connectivity index is 1.91. The number of benzene rings is 2. The zero-order valence-electron chi connectivity index (χ0n) is 12.4. The van der Waals surface area contributed by atoms with Gasteiger partial charge in [-0.3, -0.25) is 4.79 Å². The number of methoxy groups -OCH3 is 1. The highest BCUT2D eigenvalue weighted by molar-refractivity contribution is 6.04. The lowest BCUT2D eigenvalue weighted by Crippen LogP contribution is -2.15. The van der Waals surface area contributed by atoms with Crippen LogP contribution in [0.25, 0.3) is 5.69 Å². The third-order valence-electron chi connectivity index (χ3n) is 3.26. The molecule has 0 saturated carbocycles. The molecule has 0 atom stereocenters. The molecule has 0 spiro atoms. The minimum atomic E-state index is -0.540. The van der Waals surface area contributed by atoms with Crippen molar-refractivity contribution >= 4 is 11.6 Å². The SMILES string of the molecule is COc1cn(-c2ccccc2)nc1C(=O)Nc1ccccc1F. The summed E-state index contributed by atoms with van der Waals surface area (Å²) in [5.74, 6) is -0.744. The van der Waals surface area contributed by atoms with Crippen LogP contribution in [0.1, 0.15) is 10.5 Å². The number of para-hydroxylation sites is 2. The van der Waals surface area contributed by atoms with Gasteiger partial charge in [-0.2, -0.15) is 5.10 Å². The van der Waals surface area contributed by atoms with Gasteiger partial charge in [0.05, 0.1) is 24.7 Å². The van der Waals surface area contributed by atoms with E-state index in [0.717, 1.165) is 5.69 Å². The number of carbonyl (C=O) groups excluding carboxylic acids is 1. The molecule has 2 aromatic carbocycles. The maximum Gasteiger partial charge on any atom is 0.280 e. The molecule has 1 heterocycles. The second-order valence-corrected chi connectivity index (χ2v) is 4.76. The molecule has 6 heteroatoms. The molecule has 0 aliphatic rings. The summed E-state index contributed by atoms with van der Waals surface area (Å²) in [5, 5.41) is 6.73. The molecule has 0 aliphatic carbocycles. The molecule has 3 rings (SSSR count). The number of aromatic nitrogens is 2. The highest BCUT2D eigenvalue weighted by Gasteiger charge is 2.19. The summed E-state index contributed by atoms with van der Waals surface area (Å²) in [6.07, 6.45) is 1.60. The van der Waals surface area contributed by atoms with Crippen LogP contribution in [0.4, 0.5) is 10.1 Å². The lowest BCUT2D eigenvalue weighted by Gasteiger charge is -2.05. The summed E-state index contributed by atoms with van der Waals surface area (Å²) in [6, 6.07) is 15.3. The number of rotatable bonds is 4. The van der Waals surface area contributed by atoms with Crippen LogP contribution in [0, 0.1) is 5.82 Å². The Bertz CT molecular complexity index is 831. The Kier molecular flexibility index (Phi) is 4.05. The van der Waals surface area contributed by atoms with Gasteiger partial charge < -0.3 is 10.1 Å². The van der Waals surface area contributed by atoms with Crippen LogP contribution in [0.2, 0.25) is 0 Å². The fourth-order valence-electron chi connectivity index (χ4n) is 2.12. The first-order valence-electron chi connectivity index (χ1n) is 6.94. The monoisotopic (exact) mass is 311 g/mol. The van der Waals surface area contributed by atoms with Crippen LogP contribution in [-0.2, 0) is 0 Å². The smallest absolute Gasteiger partial charge is 0.280 e. The predicted octanol–water partition coefficient (Wildman–Crippen LogP) is 3.27. The number of hydrogen-bond donors (Lipinski definition) is 1. The summed E-state index contributed by atoms with van der Waals surface area (Å²) in [4.78, 5) is 12.4. The minimum Gasteiger partial charge on any atom is -0.493 e. The predicted molar refractivity (Wildman–Crippen MR) is 84.5 cm³/mol. The standard InChI is InChI=1S/C17H14FN3O2/c1-23-15-11-21(12-7-3-2-4-8-12)20-16(15)17(22)19-14-10-6-5-9-13(14)18/h2-11H,1H3,(H,19,22). The fourth-order valence-corrected chi connectivity index (χ4v) is 2.12. The zero-order valence-corrected chi connectivity index (χ0v) is 12.4. The molecule has 0 fully saturated rings. The van der Waals surface area contributed by atoms with Crippen molar-refractivity contribution in [2.24, 2.45) is 0 Å². The van der Waals surface area contributed by atoms with Crippen LogP contribution in [0.3, 0.4) is 0 Å². The number of halogens is 1. The molecule has 0 saturated heterocycles. The molecular weight excluding hydrogens is 297 g/mol. The quantitative estimate of drug-likeness (QED) is 0.804. The normalized spacial score (nSPS) is 10.3. The summed E-state index contributed by atoms with van der Waals surface area (Å²) in [6.45, 7) is 0.